The van der Waals surface area contributed by atoms with Crippen molar-refractivity contribution in [2.24, 2.45) is 0 Å². The van der Waals surface area contributed by atoms with Gasteiger partial charge in [0.15, 0.2) is 6.29 Å². The van der Waals surface area contributed by atoms with Gasteiger partial charge in [-0.05, 0) is 32.1 Å². The van der Waals surface area contributed by atoms with E-state index >= 15 is 0 Å². The maximum absolute atomic E-state index is 9.09. The largest absolute Gasteiger partial charge is 0.396 e. The molecule has 0 rings (SSSR count). The Bertz CT molecular complexity index is 119. The average molecular weight is 220 g/mol. The summed E-state index contributed by atoms with van der Waals surface area (Å²) in [5.41, 5.74) is 0. The standard InChI is InChI=1S/C11H24O4/c1-2-11(13)15-10-5-3-4-8-14-9-6-7-12/h11-13H,2-10H2,1H3. The van der Waals surface area contributed by atoms with Crippen molar-refractivity contribution < 1.29 is 19.7 Å². The van der Waals surface area contributed by atoms with Crippen LogP contribution in [0.15, 0.2) is 0 Å². The number of ether oxygens (including phenoxy) is 2. The molecule has 0 aromatic carbocycles. The fourth-order valence-corrected chi connectivity index (χ4v) is 1.09. The van der Waals surface area contributed by atoms with Gasteiger partial charge in [0, 0.05) is 26.4 Å². The summed E-state index contributed by atoms with van der Waals surface area (Å²) in [6.07, 6.45) is 3.77. The fourth-order valence-electron chi connectivity index (χ4n) is 1.09. The first kappa shape index (κ1) is 14.8. The van der Waals surface area contributed by atoms with Gasteiger partial charge < -0.3 is 19.7 Å². The average Bonchev–Trinajstić information content (AvgIpc) is 2.26. The minimum atomic E-state index is -0.606. The van der Waals surface area contributed by atoms with E-state index in [9.17, 15) is 0 Å². The summed E-state index contributed by atoms with van der Waals surface area (Å²) in [6.45, 7) is 4.09. The minimum Gasteiger partial charge on any atom is -0.396 e. The van der Waals surface area contributed by atoms with Gasteiger partial charge in [0.2, 0.25) is 0 Å². The van der Waals surface area contributed by atoms with Gasteiger partial charge >= 0.3 is 0 Å². The summed E-state index contributed by atoms with van der Waals surface area (Å²) in [6, 6.07) is 0. The zero-order chi connectivity index (χ0) is 11.4. The van der Waals surface area contributed by atoms with Crippen LogP contribution >= 0.6 is 0 Å². The lowest BCUT2D eigenvalue weighted by molar-refractivity contribution is -0.101. The van der Waals surface area contributed by atoms with Gasteiger partial charge in [0.05, 0.1) is 0 Å². The molecule has 0 aliphatic heterocycles. The van der Waals surface area contributed by atoms with Crippen LogP contribution in [0.3, 0.4) is 0 Å². The number of hydrogen-bond donors (Lipinski definition) is 2. The van der Waals surface area contributed by atoms with E-state index in [1.807, 2.05) is 6.92 Å². The van der Waals surface area contributed by atoms with E-state index in [-0.39, 0.29) is 6.61 Å². The van der Waals surface area contributed by atoms with Crippen molar-refractivity contribution in [1.29, 1.82) is 0 Å². The summed E-state index contributed by atoms with van der Waals surface area (Å²) in [4.78, 5) is 0. The van der Waals surface area contributed by atoms with E-state index in [1.54, 1.807) is 0 Å². The smallest absolute Gasteiger partial charge is 0.154 e. The molecule has 4 nitrogen and oxygen atoms in total. The van der Waals surface area contributed by atoms with Crippen molar-refractivity contribution in [2.75, 3.05) is 26.4 Å². The van der Waals surface area contributed by atoms with Crippen LogP contribution in [-0.4, -0.2) is 42.9 Å². The minimum absolute atomic E-state index is 0.197. The van der Waals surface area contributed by atoms with E-state index in [1.165, 1.54) is 0 Å². The highest BCUT2D eigenvalue weighted by Gasteiger charge is 1.98. The van der Waals surface area contributed by atoms with Crippen LogP contribution in [-0.2, 0) is 9.47 Å². The third-order valence-electron chi connectivity index (χ3n) is 2.04. The van der Waals surface area contributed by atoms with E-state index in [0.29, 0.717) is 26.1 Å². The number of aliphatic hydroxyl groups excluding tert-OH is 2. The zero-order valence-corrected chi connectivity index (χ0v) is 9.65. The Labute approximate surface area is 92.2 Å². The van der Waals surface area contributed by atoms with Crippen LogP contribution in [0.25, 0.3) is 0 Å². The second-order valence-corrected chi connectivity index (χ2v) is 3.48. The first-order valence-corrected chi connectivity index (χ1v) is 5.79. The molecule has 0 aromatic rings. The quantitative estimate of drug-likeness (QED) is 0.407. The molecule has 0 bridgehead atoms. The lowest BCUT2D eigenvalue weighted by Crippen LogP contribution is -2.11. The summed E-state index contributed by atoms with van der Waals surface area (Å²) >= 11 is 0. The van der Waals surface area contributed by atoms with Gasteiger partial charge in [-0.15, -0.1) is 0 Å². The van der Waals surface area contributed by atoms with Crippen LogP contribution in [0.5, 0.6) is 0 Å². The van der Waals surface area contributed by atoms with Crippen LogP contribution < -0.4 is 0 Å². The van der Waals surface area contributed by atoms with Gasteiger partial charge in [-0.1, -0.05) is 6.92 Å². The van der Waals surface area contributed by atoms with Gasteiger partial charge in [0.1, 0.15) is 0 Å². The predicted molar refractivity (Wildman–Crippen MR) is 58.6 cm³/mol. The Balaban J connectivity index is 2.92. The zero-order valence-electron chi connectivity index (χ0n) is 9.65. The lowest BCUT2D eigenvalue weighted by atomic mass is 10.2. The van der Waals surface area contributed by atoms with Crippen molar-refractivity contribution in [3.05, 3.63) is 0 Å². The molecule has 0 spiro atoms. The predicted octanol–water partition coefficient (Wildman–Crippen LogP) is 1.30. The molecule has 92 valence electrons. The molecule has 4 heteroatoms. The maximum Gasteiger partial charge on any atom is 0.154 e. The Hall–Kier alpha value is -0.160. The van der Waals surface area contributed by atoms with Gasteiger partial charge in [-0.2, -0.15) is 0 Å². The summed E-state index contributed by atoms with van der Waals surface area (Å²) < 4.78 is 10.4. The summed E-state index contributed by atoms with van der Waals surface area (Å²) in [5.74, 6) is 0. The van der Waals surface area contributed by atoms with Crippen LogP contribution in [0.2, 0.25) is 0 Å². The second-order valence-electron chi connectivity index (χ2n) is 3.48. The number of hydrogen-bond acceptors (Lipinski definition) is 4. The van der Waals surface area contributed by atoms with E-state index < -0.39 is 6.29 Å². The van der Waals surface area contributed by atoms with Crippen molar-refractivity contribution in [3.63, 3.8) is 0 Å². The molecule has 0 saturated carbocycles. The normalized spacial score (nSPS) is 13.0. The molecular formula is C11H24O4. The molecule has 0 radical (unpaired) electrons. The highest BCUT2D eigenvalue weighted by atomic mass is 16.6. The van der Waals surface area contributed by atoms with Crippen LogP contribution in [0.1, 0.15) is 39.0 Å². The first-order valence-electron chi connectivity index (χ1n) is 5.79. The van der Waals surface area contributed by atoms with Gasteiger partial charge in [0.25, 0.3) is 0 Å². The fraction of sp³-hybridized carbons (Fsp3) is 1.00. The van der Waals surface area contributed by atoms with Gasteiger partial charge in [-0.3, -0.25) is 0 Å². The number of aliphatic hydroxyl groups is 2. The van der Waals surface area contributed by atoms with E-state index in [2.05, 4.69) is 0 Å². The van der Waals surface area contributed by atoms with Crippen LogP contribution in [0.4, 0.5) is 0 Å². The molecule has 2 N–H and O–H groups in total. The molecule has 1 unspecified atom stereocenters. The highest BCUT2D eigenvalue weighted by molar-refractivity contribution is 4.42. The molecule has 1 atom stereocenters. The summed E-state index contributed by atoms with van der Waals surface area (Å²) in [5, 5.41) is 17.6. The Morgan fingerprint density at radius 2 is 1.67 bits per heavy atom. The molecule has 0 amide bonds. The number of rotatable bonds is 11. The Morgan fingerprint density at radius 1 is 1.00 bits per heavy atom. The highest BCUT2D eigenvalue weighted by Crippen LogP contribution is 2.00. The molecule has 0 aromatic heterocycles. The van der Waals surface area contributed by atoms with E-state index in [0.717, 1.165) is 25.9 Å². The molecule has 0 heterocycles. The number of unbranched alkanes of at least 4 members (excludes halogenated alkanes) is 2. The third-order valence-corrected chi connectivity index (χ3v) is 2.04. The van der Waals surface area contributed by atoms with Crippen molar-refractivity contribution in [1.82, 2.24) is 0 Å². The van der Waals surface area contributed by atoms with Crippen LogP contribution in [0, 0.1) is 0 Å². The third kappa shape index (κ3) is 11.8. The van der Waals surface area contributed by atoms with Crippen molar-refractivity contribution in [2.45, 2.75) is 45.3 Å². The monoisotopic (exact) mass is 220 g/mol. The molecule has 0 saturated heterocycles. The Morgan fingerprint density at radius 3 is 2.33 bits per heavy atom. The molecular weight excluding hydrogens is 196 g/mol. The second kappa shape index (κ2) is 11.9. The molecule has 0 fully saturated rings. The van der Waals surface area contributed by atoms with Crippen molar-refractivity contribution >= 4 is 0 Å². The molecule has 15 heavy (non-hydrogen) atoms. The topological polar surface area (TPSA) is 58.9 Å². The Kier molecular flexibility index (Phi) is 11.8. The van der Waals surface area contributed by atoms with Crippen molar-refractivity contribution in [3.8, 4) is 0 Å². The van der Waals surface area contributed by atoms with E-state index in [4.69, 9.17) is 19.7 Å². The molecule has 0 aliphatic rings. The maximum atomic E-state index is 9.09. The molecule has 0 aliphatic carbocycles. The first-order chi connectivity index (χ1) is 7.31. The summed E-state index contributed by atoms with van der Waals surface area (Å²) in [7, 11) is 0. The lowest BCUT2D eigenvalue weighted by Gasteiger charge is -2.09. The SMILES string of the molecule is CCC(O)OCCCCCOCCCO. The van der Waals surface area contributed by atoms with Gasteiger partial charge in [-0.25, -0.2) is 0 Å².